The minimum Gasteiger partial charge on any atom is -0.384 e. The summed E-state index contributed by atoms with van der Waals surface area (Å²) < 4.78 is 0. The van der Waals surface area contributed by atoms with E-state index in [0.29, 0.717) is 24.2 Å². The molecule has 1 aromatic carbocycles. The third kappa shape index (κ3) is 12.2. The van der Waals surface area contributed by atoms with E-state index < -0.39 is 47.7 Å². The van der Waals surface area contributed by atoms with Crippen LogP contribution in [-0.2, 0) is 14.4 Å². The molecule has 0 unspecified atom stereocenters. The summed E-state index contributed by atoms with van der Waals surface area (Å²) in [6.45, 7) is 7.18. The Morgan fingerprint density at radius 2 is 1.73 bits per heavy atom. The van der Waals surface area contributed by atoms with E-state index in [4.69, 9.17) is 17.2 Å². The third-order valence-corrected chi connectivity index (χ3v) is 4.58. The zero-order valence-corrected chi connectivity index (χ0v) is 21.6. The number of guanidine groups is 1. The Hall–Kier alpha value is -4.43. The Kier molecular flexibility index (Phi) is 15.0. The van der Waals surface area contributed by atoms with E-state index in [2.05, 4.69) is 26.3 Å². The van der Waals surface area contributed by atoms with Crippen LogP contribution in [-0.4, -0.2) is 66.7 Å². The first-order valence-corrected chi connectivity index (χ1v) is 11.7. The van der Waals surface area contributed by atoms with Crippen molar-refractivity contribution in [2.75, 3.05) is 31.5 Å². The Labute approximate surface area is 215 Å². The topological polar surface area (TPSA) is 250 Å². The van der Waals surface area contributed by atoms with Crippen molar-refractivity contribution in [3.05, 3.63) is 33.4 Å². The van der Waals surface area contributed by atoms with Gasteiger partial charge in [-0.2, -0.15) is 0 Å². The molecule has 0 heterocycles. The molecule has 0 saturated heterocycles. The molecule has 1 atom stereocenters. The smallest absolute Gasteiger partial charge is 0.270 e. The van der Waals surface area contributed by atoms with Crippen molar-refractivity contribution in [2.24, 2.45) is 22.2 Å². The van der Waals surface area contributed by atoms with Crippen LogP contribution in [0.5, 0.6) is 0 Å². The molecule has 37 heavy (non-hydrogen) atoms. The summed E-state index contributed by atoms with van der Waals surface area (Å²) in [7, 11) is 0. The molecule has 1 rings (SSSR count). The van der Waals surface area contributed by atoms with Gasteiger partial charge < -0.3 is 38.5 Å². The molecule has 10 N–H and O–H groups in total. The van der Waals surface area contributed by atoms with Gasteiger partial charge in [0.1, 0.15) is 6.04 Å². The molecule has 0 spiro atoms. The van der Waals surface area contributed by atoms with Gasteiger partial charge in [0.05, 0.1) is 29.3 Å². The van der Waals surface area contributed by atoms with E-state index in [9.17, 15) is 29.3 Å². The molecule has 0 fully saturated rings. The number of carbonyl (C=O) groups excluding carboxylic acids is 4. The number of nitro benzene ring substituents is 1. The fraction of sp³-hybridized carbons (Fsp3) is 0.500. The summed E-state index contributed by atoms with van der Waals surface area (Å²) in [5.41, 5.74) is 16.1. The van der Waals surface area contributed by atoms with Crippen LogP contribution in [0, 0.1) is 17.0 Å². The second-order valence-electron chi connectivity index (χ2n) is 7.41. The highest BCUT2D eigenvalue weighted by Crippen LogP contribution is 2.27. The second-order valence-corrected chi connectivity index (χ2v) is 7.41. The summed E-state index contributed by atoms with van der Waals surface area (Å²) in [5.74, 6) is -2.97. The standard InChI is InChI=1S/C20H31N9O6.C2H6/c1-3-24-17-11(2)7-12(29(34)35)8-13(17)18(32)28-14(5-4-6-25-20(22)23)19(33)27-10-16(31)26-9-15(21)30;1-2/h7-8,14,24H,3-6,9-10H2,1-2H3,(H2,21,30)(H,26,31)(H,27,33)(H,28,32)(H4,22,23,25);1-2H3/t14-;/m0./s1. The number of nitrogens with zero attached hydrogens (tertiary/aromatic N) is 2. The van der Waals surface area contributed by atoms with Crippen LogP contribution in [0.1, 0.15) is 49.5 Å². The maximum Gasteiger partial charge on any atom is 0.270 e. The van der Waals surface area contributed by atoms with Gasteiger partial charge in [0.2, 0.25) is 17.7 Å². The van der Waals surface area contributed by atoms with Crippen molar-refractivity contribution in [1.29, 1.82) is 0 Å². The number of amides is 4. The summed E-state index contributed by atoms with van der Waals surface area (Å²) in [6, 6.07) is 1.33. The number of benzene rings is 1. The van der Waals surface area contributed by atoms with Crippen LogP contribution in [0.25, 0.3) is 0 Å². The van der Waals surface area contributed by atoms with Gasteiger partial charge in [0.25, 0.3) is 11.6 Å². The van der Waals surface area contributed by atoms with Crippen LogP contribution in [0.15, 0.2) is 17.1 Å². The van der Waals surface area contributed by atoms with E-state index in [1.165, 1.54) is 6.07 Å². The molecule has 15 nitrogen and oxygen atoms in total. The highest BCUT2D eigenvalue weighted by molar-refractivity contribution is 6.03. The highest BCUT2D eigenvalue weighted by Gasteiger charge is 2.25. The van der Waals surface area contributed by atoms with E-state index in [1.54, 1.807) is 13.8 Å². The molecule has 0 saturated carbocycles. The summed E-state index contributed by atoms with van der Waals surface area (Å²) in [4.78, 5) is 62.8. The predicted octanol–water partition coefficient (Wildman–Crippen LogP) is -0.769. The van der Waals surface area contributed by atoms with E-state index >= 15 is 0 Å². The summed E-state index contributed by atoms with van der Waals surface area (Å²) in [5, 5.41) is 21.4. The lowest BCUT2D eigenvalue weighted by atomic mass is 10.0. The Balaban J connectivity index is 0.00000631. The third-order valence-electron chi connectivity index (χ3n) is 4.58. The first-order valence-electron chi connectivity index (χ1n) is 11.7. The van der Waals surface area contributed by atoms with Gasteiger partial charge >= 0.3 is 0 Å². The fourth-order valence-corrected chi connectivity index (χ4v) is 3.01. The lowest BCUT2D eigenvalue weighted by Gasteiger charge is -2.20. The molecule has 0 bridgehead atoms. The SMILES string of the molecule is CC.CCNc1c(C)cc([N+](=O)[O-])cc1C(=O)N[C@@H](CCCN=C(N)N)C(=O)NCC(=O)NCC(N)=O. The van der Waals surface area contributed by atoms with Gasteiger partial charge in [-0.3, -0.25) is 34.3 Å². The van der Waals surface area contributed by atoms with Gasteiger partial charge in [-0.05, 0) is 32.3 Å². The zero-order valence-electron chi connectivity index (χ0n) is 21.6. The minimum atomic E-state index is -1.12. The molecule has 1 aromatic rings. The Bertz CT molecular complexity index is 993. The molecule has 0 aliphatic rings. The van der Waals surface area contributed by atoms with Gasteiger partial charge in [0.15, 0.2) is 5.96 Å². The maximum atomic E-state index is 13.1. The number of nitrogens with one attached hydrogen (secondary N) is 4. The number of aryl methyl sites for hydroxylation is 1. The molecule has 0 aliphatic heterocycles. The second kappa shape index (κ2) is 17.1. The molecule has 0 aliphatic carbocycles. The van der Waals surface area contributed by atoms with Crippen molar-refractivity contribution >= 4 is 41.0 Å². The van der Waals surface area contributed by atoms with Crippen molar-refractivity contribution in [1.82, 2.24) is 16.0 Å². The quantitative estimate of drug-likeness (QED) is 0.0530. The van der Waals surface area contributed by atoms with Gasteiger partial charge in [-0.25, -0.2) is 0 Å². The predicted molar refractivity (Wildman–Crippen MR) is 140 cm³/mol. The minimum absolute atomic E-state index is 0.0141. The lowest BCUT2D eigenvalue weighted by molar-refractivity contribution is -0.384. The van der Waals surface area contributed by atoms with Crippen molar-refractivity contribution in [3.63, 3.8) is 0 Å². The Morgan fingerprint density at radius 1 is 1.08 bits per heavy atom. The van der Waals surface area contributed by atoms with E-state index in [0.717, 1.165) is 6.07 Å². The van der Waals surface area contributed by atoms with Crippen molar-refractivity contribution in [2.45, 2.75) is 46.6 Å². The maximum absolute atomic E-state index is 13.1. The molecular weight excluding hydrogens is 486 g/mol. The molecule has 0 aromatic heterocycles. The van der Waals surface area contributed by atoms with E-state index in [-0.39, 0.29) is 30.2 Å². The largest absolute Gasteiger partial charge is 0.384 e. The number of carbonyl (C=O) groups is 4. The number of anilines is 1. The van der Waals surface area contributed by atoms with Gasteiger partial charge in [-0.15, -0.1) is 0 Å². The number of nitrogens with two attached hydrogens (primary N) is 3. The van der Waals surface area contributed by atoms with Gasteiger partial charge in [0, 0.05) is 25.2 Å². The number of hydrogen-bond acceptors (Lipinski definition) is 8. The number of aliphatic imine (C=N–C) groups is 1. The number of non-ortho nitro benzene ring substituents is 1. The molecule has 0 radical (unpaired) electrons. The molecule has 4 amide bonds. The van der Waals surface area contributed by atoms with Crippen molar-refractivity contribution < 1.29 is 24.1 Å². The zero-order chi connectivity index (χ0) is 28.5. The number of nitro groups is 1. The molecule has 15 heteroatoms. The monoisotopic (exact) mass is 523 g/mol. The summed E-state index contributed by atoms with van der Waals surface area (Å²) >= 11 is 0. The Morgan fingerprint density at radius 3 is 2.27 bits per heavy atom. The first-order chi connectivity index (χ1) is 17.5. The molecular formula is C22H37N9O6. The van der Waals surface area contributed by atoms with Gasteiger partial charge in [-0.1, -0.05) is 13.8 Å². The molecule has 206 valence electrons. The van der Waals surface area contributed by atoms with Crippen molar-refractivity contribution in [3.8, 4) is 0 Å². The van der Waals surface area contributed by atoms with Crippen LogP contribution >= 0.6 is 0 Å². The number of rotatable bonds is 14. The van der Waals surface area contributed by atoms with Crippen LogP contribution in [0.4, 0.5) is 11.4 Å². The fourth-order valence-electron chi connectivity index (χ4n) is 3.01. The normalized spacial score (nSPS) is 10.6. The average Bonchev–Trinajstić information content (AvgIpc) is 2.84. The van der Waals surface area contributed by atoms with Crippen LogP contribution < -0.4 is 38.5 Å². The number of hydrogen-bond donors (Lipinski definition) is 7. The average molecular weight is 524 g/mol. The summed E-state index contributed by atoms with van der Waals surface area (Å²) in [6.07, 6.45) is 0.403. The van der Waals surface area contributed by atoms with Crippen LogP contribution in [0.2, 0.25) is 0 Å². The van der Waals surface area contributed by atoms with E-state index in [1.807, 2.05) is 13.8 Å². The van der Waals surface area contributed by atoms with Crippen LogP contribution in [0.3, 0.4) is 0 Å². The first kappa shape index (κ1) is 32.6. The number of primary amides is 1. The lowest BCUT2D eigenvalue weighted by Crippen LogP contribution is -2.49. The highest BCUT2D eigenvalue weighted by atomic mass is 16.6.